The molecule has 0 aliphatic heterocycles. The molecule has 120 valence electrons. The number of halogens is 3. The van der Waals surface area contributed by atoms with Crippen molar-refractivity contribution < 1.29 is 9.18 Å². The second-order valence-corrected chi connectivity index (χ2v) is 6.62. The normalized spacial score (nSPS) is 13.9. The van der Waals surface area contributed by atoms with E-state index in [1.54, 1.807) is 24.3 Å². The van der Waals surface area contributed by atoms with Gasteiger partial charge in [-0.25, -0.2) is 4.39 Å². The third-order valence-corrected chi connectivity index (χ3v) is 4.63. The summed E-state index contributed by atoms with van der Waals surface area (Å²) < 4.78 is 13.3. The van der Waals surface area contributed by atoms with Crippen LogP contribution in [-0.4, -0.2) is 16.8 Å². The Morgan fingerprint density at radius 3 is 2.52 bits per heavy atom. The summed E-state index contributed by atoms with van der Waals surface area (Å²) in [6, 6.07) is 11.9. The summed E-state index contributed by atoms with van der Waals surface area (Å²) in [4.78, 5) is 14.5. The van der Waals surface area contributed by atoms with E-state index in [1.807, 2.05) is 11.0 Å². The van der Waals surface area contributed by atoms with E-state index in [0.717, 1.165) is 24.0 Å². The summed E-state index contributed by atoms with van der Waals surface area (Å²) >= 11 is 11.9. The fourth-order valence-corrected chi connectivity index (χ4v) is 2.89. The molecule has 1 aliphatic rings. The van der Waals surface area contributed by atoms with Gasteiger partial charge in [0.2, 0.25) is 5.91 Å². The van der Waals surface area contributed by atoms with Crippen LogP contribution in [0.1, 0.15) is 24.0 Å². The van der Waals surface area contributed by atoms with E-state index in [0.29, 0.717) is 16.6 Å². The van der Waals surface area contributed by atoms with E-state index in [-0.39, 0.29) is 24.2 Å². The first kappa shape index (κ1) is 16.3. The highest BCUT2D eigenvalue weighted by Gasteiger charge is 2.32. The average molecular weight is 352 g/mol. The highest BCUT2D eigenvalue weighted by Crippen LogP contribution is 2.30. The highest BCUT2D eigenvalue weighted by atomic mass is 35.5. The molecule has 3 rings (SSSR count). The Morgan fingerprint density at radius 1 is 1.09 bits per heavy atom. The smallest absolute Gasteiger partial charge is 0.227 e. The third-order valence-electron chi connectivity index (χ3n) is 3.89. The molecule has 0 spiro atoms. The lowest BCUT2D eigenvalue weighted by molar-refractivity contribution is -0.131. The van der Waals surface area contributed by atoms with Crippen molar-refractivity contribution in [2.24, 2.45) is 0 Å². The molecule has 0 N–H and O–H groups in total. The standard InChI is InChI=1S/C18H16Cl2FNO/c19-16-7-4-12(9-17(16)20)10-18(23)22(15-5-6-15)11-13-2-1-3-14(21)8-13/h1-4,7-9,15H,5-6,10-11H2. The van der Waals surface area contributed by atoms with Crippen LogP contribution in [0.5, 0.6) is 0 Å². The second kappa shape index (κ2) is 6.90. The van der Waals surface area contributed by atoms with Crippen LogP contribution in [0.4, 0.5) is 4.39 Å². The lowest BCUT2D eigenvalue weighted by Crippen LogP contribution is -2.33. The van der Waals surface area contributed by atoms with Gasteiger partial charge in [0.05, 0.1) is 16.5 Å². The molecule has 23 heavy (non-hydrogen) atoms. The van der Waals surface area contributed by atoms with Crippen LogP contribution >= 0.6 is 23.2 Å². The Morgan fingerprint density at radius 2 is 1.87 bits per heavy atom. The fraction of sp³-hybridized carbons (Fsp3) is 0.278. The van der Waals surface area contributed by atoms with Gasteiger partial charge in [-0.05, 0) is 48.2 Å². The van der Waals surface area contributed by atoms with Crippen molar-refractivity contribution in [1.82, 2.24) is 4.90 Å². The first-order chi connectivity index (χ1) is 11.0. The first-order valence-corrected chi connectivity index (χ1v) is 8.26. The minimum atomic E-state index is -0.282. The van der Waals surface area contributed by atoms with Crippen molar-refractivity contribution in [3.05, 3.63) is 69.5 Å². The lowest BCUT2D eigenvalue weighted by atomic mass is 10.1. The van der Waals surface area contributed by atoms with Gasteiger partial charge in [0.1, 0.15) is 5.82 Å². The van der Waals surface area contributed by atoms with Gasteiger partial charge in [-0.2, -0.15) is 0 Å². The number of rotatable bonds is 5. The maximum atomic E-state index is 13.3. The van der Waals surface area contributed by atoms with Crippen molar-refractivity contribution in [3.8, 4) is 0 Å². The van der Waals surface area contributed by atoms with Crippen LogP contribution in [0.25, 0.3) is 0 Å². The summed E-state index contributed by atoms with van der Waals surface area (Å²) in [5.41, 5.74) is 1.63. The molecule has 0 unspecified atom stereocenters. The molecule has 2 aromatic carbocycles. The Kier molecular flexibility index (Phi) is 4.88. The minimum Gasteiger partial charge on any atom is -0.335 e. The maximum Gasteiger partial charge on any atom is 0.227 e. The predicted molar refractivity (Wildman–Crippen MR) is 90.1 cm³/mol. The highest BCUT2D eigenvalue weighted by molar-refractivity contribution is 6.42. The van der Waals surface area contributed by atoms with Crippen LogP contribution in [0.3, 0.4) is 0 Å². The molecule has 2 aromatic rings. The summed E-state index contributed by atoms with van der Waals surface area (Å²) in [7, 11) is 0. The number of carbonyl (C=O) groups is 1. The molecule has 0 heterocycles. The molecule has 0 aromatic heterocycles. The van der Waals surface area contributed by atoms with Gasteiger partial charge in [0.25, 0.3) is 0 Å². The quantitative estimate of drug-likeness (QED) is 0.752. The van der Waals surface area contributed by atoms with Crippen molar-refractivity contribution in [2.45, 2.75) is 31.8 Å². The monoisotopic (exact) mass is 351 g/mol. The number of hydrogen-bond acceptors (Lipinski definition) is 1. The van der Waals surface area contributed by atoms with E-state index in [4.69, 9.17) is 23.2 Å². The molecule has 1 aliphatic carbocycles. The van der Waals surface area contributed by atoms with Gasteiger partial charge in [-0.15, -0.1) is 0 Å². The zero-order valence-electron chi connectivity index (χ0n) is 12.4. The van der Waals surface area contributed by atoms with E-state index in [1.165, 1.54) is 12.1 Å². The van der Waals surface area contributed by atoms with E-state index < -0.39 is 0 Å². The van der Waals surface area contributed by atoms with Gasteiger partial charge >= 0.3 is 0 Å². The third kappa shape index (κ3) is 4.24. The summed E-state index contributed by atoms with van der Waals surface area (Å²) in [5.74, 6) is -0.259. The zero-order valence-corrected chi connectivity index (χ0v) is 13.9. The molecule has 0 atom stereocenters. The van der Waals surface area contributed by atoms with Crippen molar-refractivity contribution in [3.63, 3.8) is 0 Å². The summed E-state index contributed by atoms with van der Waals surface area (Å²) in [6.07, 6.45) is 2.27. The SMILES string of the molecule is O=C(Cc1ccc(Cl)c(Cl)c1)N(Cc1cccc(F)c1)C1CC1. The number of benzene rings is 2. The largest absolute Gasteiger partial charge is 0.335 e. The van der Waals surface area contributed by atoms with Crippen LogP contribution < -0.4 is 0 Å². The molecule has 1 fully saturated rings. The first-order valence-electron chi connectivity index (χ1n) is 7.51. The number of hydrogen-bond donors (Lipinski definition) is 0. The van der Waals surface area contributed by atoms with Gasteiger partial charge in [-0.3, -0.25) is 4.79 Å². The van der Waals surface area contributed by atoms with E-state index in [2.05, 4.69) is 0 Å². The van der Waals surface area contributed by atoms with Crippen molar-refractivity contribution in [1.29, 1.82) is 0 Å². The average Bonchev–Trinajstić information content (AvgIpc) is 3.33. The Bertz CT molecular complexity index is 731. The molecule has 5 heteroatoms. The van der Waals surface area contributed by atoms with Crippen LogP contribution in [0.2, 0.25) is 10.0 Å². The summed E-state index contributed by atoms with van der Waals surface area (Å²) in [6.45, 7) is 0.433. The van der Waals surface area contributed by atoms with Crippen LogP contribution in [-0.2, 0) is 17.8 Å². The number of nitrogens with zero attached hydrogens (tertiary/aromatic N) is 1. The van der Waals surface area contributed by atoms with Gasteiger partial charge in [0.15, 0.2) is 0 Å². The summed E-state index contributed by atoms with van der Waals surface area (Å²) in [5, 5.41) is 0.918. The van der Waals surface area contributed by atoms with Crippen LogP contribution in [0, 0.1) is 5.82 Å². The number of amides is 1. The topological polar surface area (TPSA) is 20.3 Å². The molecular weight excluding hydrogens is 336 g/mol. The van der Waals surface area contributed by atoms with Crippen molar-refractivity contribution >= 4 is 29.1 Å². The van der Waals surface area contributed by atoms with Crippen molar-refractivity contribution in [2.75, 3.05) is 0 Å². The maximum absolute atomic E-state index is 13.3. The fourth-order valence-electron chi connectivity index (χ4n) is 2.56. The lowest BCUT2D eigenvalue weighted by Gasteiger charge is -2.23. The van der Waals surface area contributed by atoms with Crippen LogP contribution in [0.15, 0.2) is 42.5 Å². The molecule has 2 nitrogen and oxygen atoms in total. The molecular formula is C18H16Cl2FNO. The minimum absolute atomic E-state index is 0.0233. The molecule has 1 amide bonds. The second-order valence-electron chi connectivity index (χ2n) is 5.81. The van der Waals surface area contributed by atoms with E-state index in [9.17, 15) is 9.18 Å². The van der Waals surface area contributed by atoms with Gasteiger partial charge in [-0.1, -0.05) is 41.4 Å². The molecule has 0 radical (unpaired) electrons. The Labute approximate surface area is 144 Å². The molecule has 0 bridgehead atoms. The zero-order chi connectivity index (χ0) is 16.4. The van der Waals surface area contributed by atoms with Gasteiger partial charge in [0, 0.05) is 12.6 Å². The molecule has 1 saturated carbocycles. The van der Waals surface area contributed by atoms with Gasteiger partial charge < -0.3 is 4.90 Å². The van der Waals surface area contributed by atoms with E-state index >= 15 is 0 Å². The Hall–Kier alpha value is -1.58. The Balaban J connectivity index is 1.72. The predicted octanol–water partition coefficient (Wildman–Crippen LogP) is 4.87. The number of carbonyl (C=O) groups excluding carboxylic acids is 1. The molecule has 0 saturated heterocycles.